The Hall–Kier alpha value is -0.870. The zero-order chi connectivity index (χ0) is 10.9. The average Bonchev–Trinajstić information content (AvgIpc) is 3.00. The fraction of sp³-hybridized carbons (Fsp3) is 0.455. The average molecular weight is 225 g/mol. The molecule has 0 spiro atoms. The van der Waals surface area contributed by atoms with E-state index in [0.717, 1.165) is 18.4 Å². The van der Waals surface area contributed by atoms with Crippen molar-refractivity contribution in [2.24, 2.45) is 0 Å². The second kappa shape index (κ2) is 3.94. The monoisotopic (exact) mass is 225 g/mol. The third-order valence-corrected chi connectivity index (χ3v) is 4.57. The van der Waals surface area contributed by atoms with Crippen LogP contribution in [0.4, 0.5) is 0 Å². The van der Waals surface area contributed by atoms with Crippen molar-refractivity contribution in [3.05, 3.63) is 35.9 Å². The van der Waals surface area contributed by atoms with E-state index in [-0.39, 0.29) is 11.8 Å². The first-order valence-corrected chi connectivity index (χ1v) is 6.70. The maximum Gasteiger partial charge on any atom is 0.218 e. The summed E-state index contributed by atoms with van der Waals surface area (Å²) in [5.74, 6) is 0.112. The van der Waals surface area contributed by atoms with E-state index in [2.05, 4.69) is 0 Å². The molecule has 0 heterocycles. The van der Waals surface area contributed by atoms with E-state index in [9.17, 15) is 8.42 Å². The Balaban J connectivity index is 2.10. The molecule has 0 saturated heterocycles. The van der Waals surface area contributed by atoms with Gasteiger partial charge in [-0.3, -0.25) is 0 Å². The molecule has 0 radical (unpaired) electrons. The molecule has 82 valence electrons. The molecule has 1 aliphatic rings. The van der Waals surface area contributed by atoms with E-state index in [0.29, 0.717) is 0 Å². The molecule has 1 fully saturated rings. The Morgan fingerprint density at radius 1 is 1.27 bits per heavy atom. The van der Waals surface area contributed by atoms with Gasteiger partial charge in [0.05, 0.1) is 5.75 Å². The number of hydrogen-bond acceptors (Lipinski definition) is 2. The van der Waals surface area contributed by atoms with Crippen molar-refractivity contribution in [1.82, 2.24) is 4.31 Å². The van der Waals surface area contributed by atoms with Gasteiger partial charge < -0.3 is 0 Å². The van der Waals surface area contributed by atoms with Gasteiger partial charge in [-0.2, -0.15) is 0 Å². The van der Waals surface area contributed by atoms with E-state index in [1.54, 1.807) is 7.05 Å². The SMILES string of the molecule is CN(C1CC1)S(=O)(=O)Cc1ccccc1. The van der Waals surface area contributed by atoms with Gasteiger partial charge in [0.2, 0.25) is 10.0 Å². The zero-order valence-corrected chi connectivity index (χ0v) is 9.57. The molecule has 0 atom stereocenters. The summed E-state index contributed by atoms with van der Waals surface area (Å²) in [6.07, 6.45) is 2.01. The molecule has 1 aromatic carbocycles. The largest absolute Gasteiger partial charge is 0.218 e. The summed E-state index contributed by atoms with van der Waals surface area (Å²) in [6, 6.07) is 9.56. The maximum atomic E-state index is 11.9. The van der Waals surface area contributed by atoms with E-state index < -0.39 is 10.0 Å². The number of nitrogens with zero attached hydrogens (tertiary/aromatic N) is 1. The molecule has 3 nitrogen and oxygen atoms in total. The highest BCUT2D eigenvalue weighted by molar-refractivity contribution is 7.88. The van der Waals surface area contributed by atoms with Crippen molar-refractivity contribution >= 4 is 10.0 Å². The highest BCUT2D eigenvalue weighted by atomic mass is 32.2. The summed E-state index contributed by atoms with van der Waals surface area (Å²) in [6.45, 7) is 0. The van der Waals surface area contributed by atoms with Crippen LogP contribution in [0.5, 0.6) is 0 Å². The van der Waals surface area contributed by atoms with Crippen molar-refractivity contribution in [2.45, 2.75) is 24.6 Å². The molecule has 15 heavy (non-hydrogen) atoms. The number of rotatable bonds is 4. The maximum absolute atomic E-state index is 11.9. The van der Waals surface area contributed by atoms with Crippen LogP contribution in [0.15, 0.2) is 30.3 Å². The van der Waals surface area contributed by atoms with Gasteiger partial charge in [-0.1, -0.05) is 30.3 Å². The Kier molecular flexibility index (Phi) is 2.80. The molecule has 0 N–H and O–H groups in total. The smallest absolute Gasteiger partial charge is 0.212 e. The van der Waals surface area contributed by atoms with Gasteiger partial charge in [0, 0.05) is 13.1 Å². The fourth-order valence-electron chi connectivity index (χ4n) is 1.55. The molecule has 0 bridgehead atoms. The van der Waals surface area contributed by atoms with E-state index >= 15 is 0 Å². The van der Waals surface area contributed by atoms with Gasteiger partial charge in [-0.15, -0.1) is 0 Å². The fourth-order valence-corrected chi connectivity index (χ4v) is 3.03. The summed E-state index contributed by atoms with van der Waals surface area (Å²) in [7, 11) is -1.44. The highest BCUT2D eigenvalue weighted by Gasteiger charge is 2.33. The minimum atomic E-state index is -3.12. The first-order valence-electron chi connectivity index (χ1n) is 5.09. The number of sulfonamides is 1. The summed E-state index contributed by atoms with van der Waals surface area (Å²) in [4.78, 5) is 0. The molecular weight excluding hydrogens is 210 g/mol. The lowest BCUT2D eigenvalue weighted by Crippen LogP contribution is -2.30. The summed E-state index contributed by atoms with van der Waals surface area (Å²) >= 11 is 0. The Morgan fingerprint density at radius 2 is 1.87 bits per heavy atom. The topological polar surface area (TPSA) is 37.4 Å². The molecule has 2 rings (SSSR count). The van der Waals surface area contributed by atoms with E-state index in [4.69, 9.17) is 0 Å². The van der Waals surface area contributed by atoms with Crippen molar-refractivity contribution in [1.29, 1.82) is 0 Å². The standard InChI is InChI=1S/C11H15NO2S/c1-12(11-7-8-11)15(13,14)9-10-5-3-2-4-6-10/h2-6,11H,7-9H2,1H3. The van der Waals surface area contributed by atoms with Crippen LogP contribution in [0.2, 0.25) is 0 Å². The zero-order valence-electron chi connectivity index (χ0n) is 8.76. The van der Waals surface area contributed by atoms with Crippen LogP contribution in [0, 0.1) is 0 Å². The van der Waals surface area contributed by atoms with Crippen LogP contribution in [-0.2, 0) is 15.8 Å². The van der Waals surface area contributed by atoms with Crippen molar-refractivity contribution in [3.8, 4) is 0 Å². The second-order valence-corrected chi connectivity index (χ2v) is 6.02. The van der Waals surface area contributed by atoms with E-state index in [1.165, 1.54) is 4.31 Å². The lowest BCUT2D eigenvalue weighted by atomic mass is 10.2. The summed E-state index contributed by atoms with van der Waals surface area (Å²) in [5, 5.41) is 0. The third-order valence-electron chi connectivity index (χ3n) is 2.69. The molecule has 0 amide bonds. The van der Waals surface area contributed by atoms with Crippen LogP contribution in [0.25, 0.3) is 0 Å². The first-order chi connectivity index (χ1) is 7.09. The third kappa shape index (κ3) is 2.58. The highest BCUT2D eigenvalue weighted by Crippen LogP contribution is 2.28. The number of hydrogen-bond donors (Lipinski definition) is 0. The molecule has 0 aliphatic heterocycles. The normalized spacial score (nSPS) is 16.9. The van der Waals surface area contributed by atoms with Crippen LogP contribution in [-0.4, -0.2) is 25.8 Å². The Bertz CT molecular complexity index is 423. The Labute approximate surface area is 90.8 Å². The molecule has 0 unspecified atom stereocenters. The van der Waals surface area contributed by atoms with Crippen LogP contribution >= 0.6 is 0 Å². The van der Waals surface area contributed by atoms with Crippen LogP contribution in [0.3, 0.4) is 0 Å². The Morgan fingerprint density at radius 3 is 2.40 bits per heavy atom. The molecular formula is C11H15NO2S. The first kappa shape index (κ1) is 10.6. The minimum absolute atomic E-state index is 0.112. The van der Waals surface area contributed by atoms with Gasteiger partial charge in [0.15, 0.2) is 0 Å². The molecule has 1 saturated carbocycles. The predicted molar refractivity (Wildman–Crippen MR) is 59.9 cm³/mol. The summed E-state index contributed by atoms with van der Waals surface area (Å²) in [5.41, 5.74) is 0.852. The van der Waals surface area contributed by atoms with Gasteiger partial charge in [0.1, 0.15) is 0 Å². The van der Waals surface area contributed by atoms with E-state index in [1.807, 2.05) is 30.3 Å². The predicted octanol–water partition coefficient (Wildman–Crippen LogP) is 1.61. The molecule has 1 aliphatic carbocycles. The quantitative estimate of drug-likeness (QED) is 0.780. The van der Waals surface area contributed by atoms with Gasteiger partial charge in [0.25, 0.3) is 0 Å². The van der Waals surface area contributed by atoms with Crippen molar-refractivity contribution in [2.75, 3.05) is 7.05 Å². The van der Waals surface area contributed by atoms with Crippen LogP contribution < -0.4 is 0 Å². The minimum Gasteiger partial charge on any atom is -0.212 e. The van der Waals surface area contributed by atoms with Gasteiger partial charge >= 0.3 is 0 Å². The van der Waals surface area contributed by atoms with Crippen molar-refractivity contribution in [3.63, 3.8) is 0 Å². The van der Waals surface area contributed by atoms with Crippen molar-refractivity contribution < 1.29 is 8.42 Å². The molecule has 4 heteroatoms. The van der Waals surface area contributed by atoms with Crippen LogP contribution in [0.1, 0.15) is 18.4 Å². The van der Waals surface area contributed by atoms with Gasteiger partial charge in [-0.05, 0) is 18.4 Å². The molecule has 1 aromatic rings. The molecule has 0 aromatic heterocycles. The second-order valence-electron chi connectivity index (χ2n) is 3.99. The lowest BCUT2D eigenvalue weighted by molar-refractivity contribution is 0.463. The summed E-state index contributed by atoms with van der Waals surface area (Å²) < 4.78 is 25.3. The number of benzene rings is 1. The van der Waals surface area contributed by atoms with Gasteiger partial charge in [-0.25, -0.2) is 12.7 Å². The lowest BCUT2D eigenvalue weighted by Gasteiger charge is -2.16.